The Hall–Kier alpha value is -1.24. The quantitative estimate of drug-likeness (QED) is 0.595. The zero-order chi connectivity index (χ0) is 9.54. The van der Waals surface area contributed by atoms with Crippen LogP contribution in [0.4, 0.5) is 0 Å². The van der Waals surface area contributed by atoms with Crippen LogP contribution in [0.3, 0.4) is 0 Å². The summed E-state index contributed by atoms with van der Waals surface area (Å²) < 4.78 is 2.95. The average Bonchev–Trinajstić information content (AvgIpc) is 2.65. The molecule has 0 aliphatic rings. The number of aromatic nitrogens is 4. The summed E-state index contributed by atoms with van der Waals surface area (Å²) >= 11 is 2.29. The van der Waals surface area contributed by atoms with E-state index in [0.717, 1.165) is 16.6 Å². The molecule has 2 heterocycles. The van der Waals surface area contributed by atoms with Gasteiger partial charge in [0.1, 0.15) is 0 Å². The molecule has 14 heavy (non-hydrogen) atoms. The van der Waals surface area contributed by atoms with E-state index in [1.54, 1.807) is 4.52 Å². The average molecular weight is 296 g/mol. The molecule has 0 radical (unpaired) electrons. The van der Waals surface area contributed by atoms with Gasteiger partial charge in [-0.05, 0) is 63.3 Å². The first-order valence-corrected chi connectivity index (χ1v) is 5.19. The van der Waals surface area contributed by atoms with Crippen LogP contribution in [-0.4, -0.2) is 20.0 Å². The highest BCUT2D eigenvalue weighted by Gasteiger charge is 2.01. The minimum absolute atomic E-state index is 0.777. The number of rotatable bonds is 0. The van der Waals surface area contributed by atoms with Gasteiger partial charge >= 0.3 is 0 Å². The second kappa shape index (κ2) is 2.88. The number of nitrogens with zero attached hydrogens (tertiary/aromatic N) is 4. The van der Waals surface area contributed by atoms with Crippen LogP contribution in [0.5, 0.6) is 0 Å². The maximum Gasteiger partial charge on any atom is 0.179 e. The summed E-state index contributed by atoms with van der Waals surface area (Å²) in [5, 5.41) is 12.6. The Morgan fingerprint density at radius 1 is 1.14 bits per heavy atom. The molecule has 3 aromatic rings. The molecule has 5 heteroatoms. The van der Waals surface area contributed by atoms with Gasteiger partial charge in [0.05, 0.1) is 5.52 Å². The van der Waals surface area contributed by atoms with Gasteiger partial charge < -0.3 is 0 Å². The highest BCUT2D eigenvalue weighted by molar-refractivity contribution is 14.1. The molecule has 0 N–H and O–H groups in total. The van der Waals surface area contributed by atoms with Crippen LogP contribution in [-0.2, 0) is 0 Å². The SMILES string of the molecule is Ic1ccc2c(ccc3nnnn32)c1. The van der Waals surface area contributed by atoms with Gasteiger partial charge in [-0.2, -0.15) is 4.52 Å². The van der Waals surface area contributed by atoms with Crippen LogP contribution in [0.2, 0.25) is 0 Å². The molecule has 0 saturated heterocycles. The third-order valence-corrected chi connectivity index (χ3v) is 2.79. The molecule has 3 rings (SSSR count). The van der Waals surface area contributed by atoms with Gasteiger partial charge in [-0.1, -0.05) is 0 Å². The van der Waals surface area contributed by atoms with E-state index in [1.165, 1.54) is 3.57 Å². The monoisotopic (exact) mass is 296 g/mol. The van der Waals surface area contributed by atoms with E-state index in [0.29, 0.717) is 0 Å². The Bertz CT molecular complexity index is 616. The summed E-state index contributed by atoms with van der Waals surface area (Å²) in [4.78, 5) is 0. The summed E-state index contributed by atoms with van der Waals surface area (Å²) in [6.07, 6.45) is 0. The fourth-order valence-corrected chi connectivity index (χ4v) is 2.00. The summed E-state index contributed by atoms with van der Waals surface area (Å²) in [5.74, 6) is 0. The molecular formula is C9H5IN4. The molecule has 68 valence electrons. The predicted molar refractivity (Wildman–Crippen MR) is 61.0 cm³/mol. The van der Waals surface area contributed by atoms with Crippen LogP contribution in [0.1, 0.15) is 0 Å². The van der Waals surface area contributed by atoms with Crippen molar-refractivity contribution in [1.82, 2.24) is 20.0 Å². The highest BCUT2D eigenvalue weighted by Crippen LogP contribution is 2.17. The van der Waals surface area contributed by atoms with E-state index in [1.807, 2.05) is 24.3 Å². The van der Waals surface area contributed by atoms with Gasteiger partial charge in [-0.15, -0.1) is 5.10 Å². The van der Waals surface area contributed by atoms with Gasteiger partial charge in [0.15, 0.2) is 5.65 Å². The van der Waals surface area contributed by atoms with Gasteiger partial charge in [-0.3, -0.25) is 0 Å². The minimum Gasteiger partial charge on any atom is -0.193 e. The smallest absolute Gasteiger partial charge is 0.179 e. The largest absolute Gasteiger partial charge is 0.193 e. The van der Waals surface area contributed by atoms with Crippen molar-refractivity contribution in [3.63, 3.8) is 0 Å². The van der Waals surface area contributed by atoms with Crippen molar-refractivity contribution in [2.75, 3.05) is 0 Å². The standard InChI is InChI=1S/C9H5IN4/c10-7-2-3-8-6(5-7)1-4-9-11-12-13-14(8)9/h1-5H. The Morgan fingerprint density at radius 2 is 2.07 bits per heavy atom. The van der Waals surface area contributed by atoms with Gasteiger partial charge in [-0.25, -0.2) is 0 Å². The Balaban J connectivity index is 2.57. The molecule has 0 fully saturated rings. The Kier molecular flexibility index (Phi) is 1.66. The van der Waals surface area contributed by atoms with E-state index in [2.05, 4.69) is 44.2 Å². The van der Waals surface area contributed by atoms with Crippen molar-refractivity contribution >= 4 is 39.1 Å². The summed E-state index contributed by atoms with van der Waals surface area (Å²) in [6.45, 7) is 0. The second-order valence-electron chi connectivity index (χ2n) is 2.99. The molecule has 0 unspecified atom stereocenters. The molecule has 1 aromatic carbocycles. The number of hydrogen-bond donors (Lipinski definition) is 0. The van der Waals surface area contributed by atoms with E-state index in [-0.39, 0.29) is 0 Å². The molecule has 2 aromatic heterocycles. The van der Waals surface area contributed by atoms with Crippen molar-refractivity contribution in [1.29, 1.82) is 0 Å². The Labute approximate surface area is 93.1 Å². The zero-order valence-corrected chi connectivity index (χ0v) is 9.21. The molecule has 0 amide bonds. The van der Waals surface area contributed by atoms with E-state index >= 15 is 0 Å². The van der Waals surface area contributed by atoms with Crippen molar-refractivity contribution in [3.05, 3.63) is 33.9 Å². The predicted octanol–water partition coefficient (Wildman–Crippen LogP) is 1.88. The van der Waals surface area contributed by atoms with Crippen molar-refractivity contribution in [2.45, 2.75) is 0 Å². The van der Waals surface area contributed by atoms with Crippen LogP contribution in [0.15, 0.2) is 30.3 Å². The van der Waals surface area contributed by atoms with Crippen molar-refractivity contribution < 1.29 is 0 Å². The third kappa shape index (κ3) is 1.08. The number of pyridine rings is 1. The topological polar surface area (TPSA) is 43.1 Å². The van der Waals surface area contributed by atoms with E-state index in [9.17, 15) is 0 Å². The number of fused-ring (bicyclic) bond motifs is 3. The molecule has 0 aliphatic carbocycles. The molecular weight excluding hydrogens is 291 g/mol. The fraction of sp³-hybridized carbons (Fsp3) is 0. The zero-order valence-electron chi connectivity index (χ0n) is 7.05. The first-order chi connectivity index (χ1) is 6.84. The first kappa shape index (κ1) is 8.10. The lowest BCUT2D eigenvalue weighted by Crippen LogP contribution is -1.90. The molecule has 0 spiro atoms. The molecule has 0 atom stereocenters. The Morgan fingerprint density at radius 3 is 3.00 bits per heavy atom. The maximum atomic E-state index is 3.93. The normalized spacial score (nSPS) is 11.2. The van der Waals surface area contributed by atoms with Crippen molar-refractivity contribution in [3.8, 4) is 0 Å². The summed E-state index contributed by atoms with van der Waals surface area (Å²) in [5.41, 5.74) is 1.81. The van der Waals surface area contributed by atoms with Gasteiger partial charge in [0, 0.05) is 8.96 Å². The van der Waals surface area contributed by atoms with Crippen molar-refractivity contribution in [2.24, 2.45) is 0 Å². The second-order valence-corrected chi connectivity index (χ2v) is 4.23. The van der Waals surface area contributed by atoms with E-state index < -0.39 is 0 Å². The van der Waals surface area contributed by atoms with Gasteiger partial charge in [0.2, 0.25) is 0 Å². The number of tetrazole rings is 1. The summed E-state index contributed by atoms with van der Waals surface area (Å²) in [6, 6.07) is 10.1. The molecule has 4 nitrogen and oxygen atoms in total. The first-order valence-electron chi connectivity index (χ1n) is 4.11. The maximum absolute atomic E-state index is 3.93. The number of halogens is 1. The van der Waals surface area contributed by atoms with Crippen LogP contribution >= 0.6 is 22.6 Å². The number of benzene rings is 1. The van der Waals surface area contributed by atoms with E-state index in [4.69, 9.17) is 0 Å². The fourth-order valence-electron chi connectivity index (χ4n) is 1.49. The molecule has 0 bridgehead atoms. The van der Waals surface area contributed by atoms with Crippen LogP contribution in [0, 0.1) is 3.57 Å². The number of hydrogen-bond acceptors (Lipinski definition) is 3. The third-order valence-electron chi connectivity index (χ3n) is 2.12. The molecule has 0 saturated carbocycles. The lowest BCUT2D eigenvalue weighted by molar-refractivity contribution is 0.841. The van der Waals surface area contributed by atoms with Crippen LogP contribution in [0.25, 0.3) is 16.6 Å². The minimum atomic E-state index is 0.777. The highest BCUT2D eigenvalue weighted by atomic mass is 127. The molecule has 0 aliphatic heterocycles. The lowest BCUT2D eigenvalue weighted by atomic mass is 10.2. The van der Waals surface area contributed by atoms with Crippen LogP contribution < -0.4 is 0 Å². The summed E-state index contributed by atoms with van der Waals surface area (Å²) in [7, 11) is 0. The lowest BCUT2D eigenvalue weighted by Gasteiger charge is -1.99. The van der Waals surface area contributed by atoms with Gasteiger partial charge in [0.25, 0.3) is 0 Å².